The molecule has 1 fully saturated rings. The zero-order chi connectivity index (χ0) is 17.7. The number of hydrogen-bond acceptors (Lipinski definition) is 4. The van der Waals surface area contributed by atoms with Gasteiger partial charge in [0.25, 0.3) is 10.0 Å². The maximum atomic E-state index is 12.3. The molecular weight excluding hydrogens is 326 g/mol. The van der Waals surface area contributed by atoms with Gasteiger partial charge in [0.2, 0.25) is 0 Å². The first-order valence-corrected chi connectivity index (χ1v) is 9.99. The second kappa shape index (κ2) is 7.98. The second-order valence-electron chi connectivity index (χ2n) is 6.62. The fourth-order valence-electron chi connectivity index (χ4n) is 2.93. The molecule has 0 spiro atoms. The van der Waals surface area contributed by atoms with E-state index in [1.54, 1.807) is 12.1 Å². The summed E-state index contributed by atoms with van der Waals surface area (Å²) in [5.41, 5.74) is 6.79. The maximum Gasteiger partial charge on any atom is 0.328 e. The molecule has 1 aromatic rings. The topological polar surface area (TPSA) is 101 Å². The largest absolute Gasteiger partial charge is 0.335 e. The summed E-state index contributed by atoms with van der Waals surface area (Å²) >= 11 is 0. The van der Waals surface area contributed by atoms with E-state index in [-0.39, 0.29) is 17.0 Å². The van der Waals surface area contributed by atoms with E-state index >= 15 is 0 Å². The zero-order valence-corrected chi connectivity index (χ0v) is 15.1. The summed E-state index contributed by atoms with van der Waals surface area (Å²) in [4.78, 5) is 12.0. The van der Waals surface area contributed by atoms with Gasteiger partial charge in [-0.2, -0.15) is 0 Å². The molecule has 1 saturated carbocycles. The Labute approximate surface area is 144 Å². The molecular formula is C17H27N3O3S. The van der Waals surface area contributed by atoms with Gasteiger partial charge in [0.05, 0.1) is 4.90 Å². The van der Waals surface area contributed by atoms with Crippen molar-refractivity contribution in [2.45, 2.75) is 62.9 Å². The van der Waals surface area contributed by atoms with E-state index in [0.29, 0.717) is 5.92 Å². The van der Waals surface area contributed by atoms with Crippen LogP contribution in [0.5, 0.6) is 0 Å². The number of amides is 2. The molecule has 0 aliphatic heterocycles. The van der Waals surface area contributed by atoms with Gasteiger partial charge in [0.15, 0.2) is 0 Å². The average Bonchev–Trinajstić information content (AvgIpc) is 2.56. The Morgan fingerprint density at radius 2 is 1.79 bits per heavy atom. The predicted octanol–water partition coefficient (Wildman–Crippen LogP) is 2.66. The van der Waals surface area contributed by atoms with Crippen LogP contribution in [0.1, 0.15) is 57.6 Å². The Bertz CT molecular complexity index is 650. The lowest BCUT2D eigenvalue weighted by Crippen LogP contribution is -2.45. The molecule has 0 heterocycles. The van der Waals surface area contributed by atoms with Gasteiger partial charge in [-0.3, -0.25) is 0 Å². The summed E-state index contributed by atoms with van der Waals surface area (Å²) in [7, 11) is -3.87. The average molecular weight is 353 g/mol. The van der Waals surface area contributed by atoms with Gasteiger partial charge in [0, 0.05) is 12.1 Å². The van der Waals surface area contributed by atoms with Crippen LogP contribution in [-0.2, 0) is 10.0 Å². The molecule has 1 atom stereocenters. The van der Waals surface area contributed by atoms with Crippen molar-refractivity contribution in [1.82, 2.24) is 10.0 Å². The van der Waals surface area contributed by atoms with Crippen molar-refractivity contribution >= 4 is 16.1 Å². The van der Waals surface area contributed by atoms with Crippen LogP contribution in [0.4, 0.5) is 4.79 Å². The number of rotatable bonds is 5. The number of hydrogen-bond donors (Lipinski definition) is 3. The predicted molar refractivity (Wildman–Crippen MR) is 93.9 cm³/mol. The van der Waals surface area contributed by atoms with Crippen molar-refractivity contribution in [2.24, 2.45) is 11.7 Å². The second-order valence-corrected chi connectivity index (χ2v) is 8.30. The summed E-state index contributed by atoms with van der Waals surface area (Å²) < 4.78 is 26.7. The molecule has 134 valence electrons. The van der Waals surface area contributed by atoms with Crippen LogP contribution in [0.25, 0.3) is 0 Å². The highest BCUT2D eigenvalue weighted by atomic mass is 32.2. The van der Waals surface area contributed by atoms with Crippen molar-refractivity contribution in [3.05, 3.63) is 29.8 Å². The highest BCUT2D eigenvalue weighted by Crippen LogP contribution is 2.23. The Morgan fingerprint density at radius 3 is 2.33 bits per heavy atom. The van der Waals surface area contributed by atoms with Crippen molar-refractivity contribution in [1.29, 1.82) is 0 Å². The van der Waals surface area contributed by atoms with E-state index in [9.17, 15) is 13.2 Å². The van der Waals surface area contributed by atoms with Crippen molar-refractivity contribution in [3.8, 4) is 0 Å². The Balaban J connectivity index is 1.96. The molecule has 0 saturated heterocycles. The van der Waals surface area contributed by atoms with Crippen LogP contribution < -0.4 is 15.8 Å². The van der Waals surface area contributed by atoms with E-state index in [1.165, 1.54) is 12.1 Å². The zero-order valence-electron chi connectivity index (χ0n) is 14.3. The minimum absolute atomic E-state index is 0.0429. The normalized spacial score (nSPS) is 22.6. The molecule has 0 radical (unpaired) electrons. The van der Waals surface area contributed by atoms with Crippen LogP contribution in [-0.4, -0.2) is 20.5 Å². The van der Waals surface area contributed by atoms with Crippen LogP contribution in [0.3, 0.4) is 0 Å². The Kier molecular flexibility index (Phi) is 6.23. The summed E-state index contributed by atoms with van der Waals surface area (Å²) in [6.07, 6.45) is 4.65. The summed E-state index contributed by atoms with van der Waals surface area (Å²) in [5, 5.41) is 2.75. The first-order chi connectivity index (χ1) is 11.3. The van der Waals surface area contributed by atoms with Crippen LogP contribution in [0.2, 0.25) is 0 Å². The summed E-state index contributed by atoms with van der Waals surface area (Å²) in [5.74, 6) is 0.669. The first kappa shape index (κ1) is 18.7. The number of carbonyl (C=O) groups excluding carboxylic acids is 1. The number of carbonyl (C=O) groups is 1. The summed E-state index contributed by atoms with van der Waals surface area (Å²) in [6, 6.07) is 5.58. The first-order valence-electron chi connectivity index (χ1n) is 8.50. The smallest absolute Gasteiger partial charge is 0.328 e. The molecule has 1 aliphatic rings. The van der Waals surface area contributed by atoms with Crippen molar-refractivity contribution in [2.75, 3.05) is 0 Å². The van der Waals surface area contributed by atoms with Gasteiger partial charge in [-0.15, -0.1) is 0 Å². The lowest BCUT2D eigenvalue weighted by atomic mass is 9.87. The van der Waals surface area contributed by atoms with Crippen molar-refractivity contribution < 1.29 is 13.2 Å². The number of sulfonamides is 1. The van der Waals surface area contributed by atoms with Gasteiger partial charge >= 0.3 is 6.03 Å². The van der Waals surface area contributed by atoms with E-state index in [4.69, 9.17) is 5.73 Å². The monoisotopic (exact) mass is 353 g/mol. The van der Waals surface area contributed by atoms with Gasteiger partial charge in [0.1, 0.15) is 0 Å². The van der Waals surface area contributed by atoms with E-state index in [2.05, 4.69) is 17.0 Å². The Hall–Kier alpha value is -1.60. The van der Waals surface area contributed by atoms with Crippen LogP contribution in [0.15, 0.2) is 29.2 Å². The third-order valence-electron chi connectivity index (χ3n) is 4.64. The molecule has 24 heavy (non-hydrogen) atoms. The maximum absolute atomic E-state index is 12.3. The molecule has 6 nitrogen and oxygen atoms in total. The van der Waals surface area contributed by atoms with Gasteiger partial charge in [-0.1, -0.05) is 26.0 Å². The highest BCUT2D eigenvalue weighted by molar-refractivity contribution is 7.90. The standard InChI is InChI=1S/C17H27N3O3S/c1-3-16(18)13-6-10-15(11-7-13)24(22,23)20-17(21)19-14-8-4-12(2)5-9-14/h6-7,10-12,14,16H,3-5,8-9,18H2,1-2H3,(H2,19,20,21). The summed E-state index contributed by atoms with van der Waals surface area (Å²) in [6.45, 7) is 4.15. The third-order valence-corrected chi connectivity index (χ3v) is 5.98. The quantitative estimate of drug-likeness (QED) is 0.757. The minimum atomic E-state index is -3.87. The van der Waals surface area contributed by atoms with Gasteiger partial charge in [-0.25, -0.2) is 17.9 Å². The number of urea groups is 1. The molecule has 1 aromatic carbocycles. The fraction of sp³-hybridized carbons (Fsp3) is 0.588. The molecule has 0 bridgehead atoms. The number of benzene rings is 1. The number of nitrogens with two attached hydrogens (primary N) is 1. The molecule has 0 aromatic heterocycles. The van der Waals surface area contributed by atoms with E-state index < -0.39 is 16.1 Å². The molecule has 7 heteroatoms. The minimum Gasteiger partial charge on any atom is -0.335 e. The van der Waals surface area contributed by atoms with Gasteiger partial charge < -0.3 is 11.1 Å². The third kappa shape index (κ3) is 4.95. The lowest BCUT2D eigenvalue weighted by molar-refractivity contribution is 0.233. The van der Waals surface area contributed by atoms with Crippen LogP contribution >= 0.6 is 0 Å². The van der Waals surface area contributed by atoms with E-state index in [0.717, 1.165) is 37.7 Å². The Morgan fingerprint density at radius 1 is 1.21 bits per heavy atom. The molecule has 1 aliphatic carbocycles. The molecule has 4 N–H and O–H groups in total. The molecule has 1 unspecified atom stereocenters. The molecule has 2 rings (SSSR count). The van der Waals surface area contributed by atoms with E-state index in [1.807, 2.05) is 6.92 Å². The van der Waals surface area contributed by atoms with Crippen molar-refractivity contribution in [3.63, 3.8) is 0 Å². The lowest BCUT2D eigenvalue weighted by Gasteiger charge is -2.26. The van der Waals surface area contributed by atoms with Gasteiger partial charge in [-0.05, 0) is 55.7 Å². The SMILES string of the molecule is CCC(N)c1ccc(S(=O)(=O)NC(=O)NC2CCC(C)CC2)cc1. The molecule has 2 amide bonds. The fourth-order valence-corrected chi connectivity index (χ4v) is 3.85. The highest BCUT2D eigenvalue weighted by Gasteiger charge is 2.23. The number of nitrogens with one attached hydrogen (secondary N) is 2. The van der Waals surface area contributed by atoms with Crippen LogP contribution in [0, 0.1) is 5.92 Å².